The molecule has 0 aromatic rings. The molecular formula is C12H19NNa3O16S2. The molecule has 1 aliphatic rings. The van der Waals surface area contributed by atoms with Gasteiger partial charge in [0, 0.05) is 88.7 Å². The maximum Gasteiger partial charge on any atom is 0.397 e. The third kappa shape index (κ3) is 13.1. The van der Waals surface area contributed by atoms with Crippen LogP contribution in [0.4, 0.5) is 0 Å². The molecular weight excluding hydrogens is 547 g/mol. The summed E-state index contributed by atoms with van der Waals surface area (Å²) >= 11 is 0. The van der Waals surface area contributed by atoms with Crippen LogP contribution < -0.4 is 4.72 Å². The van der Waals surface area contributed by atoms with Gasteiger partial charge >= 0.3 is 26.7 Å². The van der Waals surface area contributed by atoms with Crippen molar-refractivity contribution in [2.75, 3.05) is 6.61 Å². The molecule has 0 aliphatic carbocycles. The quantitative estimate of drug-likeness (QED) is 0.0619. The number of aliphatic hydroxyl groups excluding tert-OH is 4. The molecule has 0 fully saturated rings. The largest absolute Gasteiger partial charge is 0.475 e. The van der Waals surface area contributed by atoms with E-state index in [1.807, 2.05) is 0 Å². The fourth-order valence-electron chi connectivity index (χ4n) is 2.32. The van der Waals surface area contributed by atoms with Crippen LogP contribution in [0.2, 0.25) is 0 Å². The smallest absolute Gasteiger partial charge is 0.397 e. The van der Waals surface area contributed by atoms with Gasteiger partial charge in [0.2, 0.25) is 12.0 Å². The molecule has 1 aliphatic heterocycles. The summed E-state index contributed by atoms with van der Waals surface area (Å²) in [5.41, 5.74) is 0. The summed E-state index contributed by atoms with van der Waals surface area (Å²) in [7, 11) is -10.4. The summed E-state index contributed by atoms with van der Waals surface area (Å²) in [5, 5.41) is 48.1. The van der Waals surface area contributed by atoms with E-state index < -0.39 is 81.9 Å². The number of ether oxygens (including phenoxy) is 2. The Morgan fingerprint density at radius 2 is 1.71 bits per heavy atom. The van der Waals surface area contributed by atoms with Gasteiger partial charge in [-0.3, -0.25) is 9.11 Å². The molecule has 1 rings (SSSR count). The number of aldehydes is 1. The zero-order valence-electron chi connectivity index (χ0n) is 18.0. The summed E-state index contributed by atoms with van der Waals surface area (Å²) in [5.74, 6) is -2.82. The molecule has 7 atom stereocenters. The molecule has 0 amide bonds. The number of rotatable bonds is 12. The number of carbonyl (C=O) groups is 2. The third-order valence-electron chi connectivity index (χ3n) is 3.61. The summed E-state index contributed by atoms with van der Waals surface area (Å²) in [6, 6.07) is -2.20. The maximum absolute atomic E-state index is 11.1. The molecule has 34 heavy (non-hydrogen) atoms. The van der Waals surface area contributed by atoms with Gasteiger partial charge in [0.1, 0.15) is 36.7 Å². The van der Waals surface area contributed by atoms with Crippen LogP contribution in [0.5, 0.6) is 0 Å². The minimum atomic E-state index is -5.31. The first-order valence-electron chi connectivity index (χ1n) is 7.87. The van der Waals surface area contributed by atoms with E-state index in [2.05, 4.69) is 4.18 Å². The molecule has 0 saturated carbocycles. The Hall–Kier alpha value is 1.22. The normalized spacial score (nSPS) is 23.8. The number of carbonyl (C=O) groups excluding carboxylic acids is 1. The zero-order valence-corrected chi connectivity index (χ0v) is 25.7. The van der Waals surface area contributed by atoms with Gasteiger partial charge in [-0.05, 0) is 6.08 Å². The second kappa shape index (κ2) is 16.9. The van der Waals surface area contributed by atoms with Crippen molar-refractivity contribution < 1.29 is 74.7 Å². The Kier molecular flexibility index (Phi) is 19.8. The number of hydrogen-bond acceptors (Lipinski definition) is 13. The summed E-state index contributed by atoms with van der Waals surface area (Å²) < 4.78 is 76.6. The summed E-state index contributed by atoms with van der Waals surface area (Å²) in [6.45, 7) is -1.21. The van der Waals surface area contributed by atoms with Gasteiger partial charge in [-0.15, -0.1) is 0 Å². The van der Waals surface area contributed by atoms with E-state index in [9.17, 15) is 41.7 Å². The summed E-state index contributed by atoms with van der Waals surface area (Å²) in [4.78, 5) is 22.2. The molecule has 0 saturated heterocycles. The third-order valence-corrected chi connectivity index (χ3v) is 4.64. The Morgan fingerprint density at radius 3 is 2.09 bits per heavy atom. The molecule has 183 valence electrons. The van der Waals surface area contributed by atoms with E-state index in [0.717, 1.165) is 0 Å². The first kappa shape index (κ1) is 39.7. The molecule has 0 aromatic carbocycles. The predicted octanol–water partition coefficient (Wildman–Crippen LogP) is -6.22. The molecule has 0 unspecified atom stereocenters. The van der Waals surface area contributed by atoms with Crippen molar-refractivity contribution in [3.63, 3.8) is 0 Å². The number of aliphatic carboxylic acids is 1. The van der Waals surface area contributed by atoms with E-state index in [-0.39, 0.29) is 95.0 Å². The van der Waals surface area contributed by atoms with Crippen molar-refractivity contribution in [1.82, 2.24) is 4.72 Å². The van der Waals surface area contributed by atoms with Gasteiger partial charge in [-0.1, -0.05) is 0 Å². The Balaban J connectivity index is -0.00000320. The number of nitrogens with one attached hydrogen (secondary N) is 1. The van der Waals surface area contributed by atoms with E-state index in [1.54, 1.807) is 0 Å². The first-order valence-corrected chi connectivity index (χ1v) is 10.7. The molecule has 8 N–H and O–H groups in total. The molecule has 1 heterocycles. The molecule has 0 bridgehead atoms. The van der Waals surface area contributed by atoms with Crippen LogP contribution >= 0.6 is 0 Å². The van der Waals surface area contributed by atoms with E-state index in [0.29, 0.717) is 6.08 Å². The van der Waals surface area contributed by atoms with E-state index in [4.69, 9.17) is 28.8 Å². The topological polar surface area (TPSA) is 284 Å². The minimum absolute atomic E-state index is 0. The van der Waals surface area contributed by atoms with Crippen molar-refractivity contribution in [2.24, 2.45) is 0 Å². The summed E-state index contributed by atoms with van der Waals surface area (Å²) in [6.07, 6.45) is -13.3. The van der Waals surface area contributed by atoms with E-state index in [1.165, 1.54) is 4.72 Å². The van der Waals surface area contributed by atoms with Crippen LogP contribution in [0.3, 0.4) is 0 Å². The van der Waals surface area contributed by atoms with E-state index >= 15 is 0 Å². The Labute approximate surface area is 259 Å². The van der Waals surface area contributed by atoms with Crippen LogP contribution in [0.15, 0.2) is 11.8 Å². The van der Waals surface area contributed by atoms with Crippen LogP contribution in [-0.4, -0.2) is 202 Å². The van der Waals surface area contributed by atoms with Crippen LogP contribution in [0.25, 0.3) is 0 Å². The molecule has 3 radical (unpaired) electrons. The average molecular weight is 566 g/mol. The number of aliphatic hydroxyl groups is 4. The van der Waals surface area contributed by atoms with Gasteiger partial charge in [0.25, 0.3) is 0 Å². The van der Waals surface area contributed by atoms with Crippen LogP contribution in [0.1, 0.15) is 0 Å². The first-order chi connectivity index (χ1) is 14.1. The average Bonchev–Trinajstić information content (AvgIpc) is 2.63. The van der Waals surface area contributed by atoms with Crippen LogP contribution in [-0.2, 0) is 43.9 Å². The second-order valence-corrected chi connectivity index (χ2v) is 8.13. The predicted molar refractivity (Wildman–Crippen MR) is 109 cm³/mol. The van der Waals surface area contributed by atoms with Crippen molar-refractivity contribution in [3.05, 3.63) is 11.8 Å². The number of carboxylic acids is 1. The fourth-order valence-corrected chi connectivity index (χ4v) is 3.35. The minimum Gasteiger partial charge on any atom is -0.475 e. The van der Waals surface area contributed by atoms with Crippen molar-refractivity contribution in [1.29, 1.82) is 0 Å². The molecule has 0 spiro atoms. The van der Waals surface area contributed by atoms with Gasteiger partial charge in [-0.2, -0.15) is 21.6 Å². The molecule has 0 aromatic heterocycles. The number of carboxylic acid groups (broad SMARTS) is 1. The maximum atomic E-state index is 11.1. The van der Waals surface area contributed by atoms with Gasteiger partial charge < -0.3 is 39.8 Å². The standard InChI is InChI=1S/C12H19NO16S2.3Na/c14-2-4(13-30(21,22)23)8(18)9(6(17)3-15)28-12-10(29-31(24,25)26)5(16)1-7(27-12)11(19)20;;;/h1-2,4-6,8-10,12-13,15-18H,3H2,(H,19,20)(H,21,22,23)(H,24,25,26);;;/t4-,5-,6+,8+,9+,10+,12-;;;/m0.../s1. The monoisotopic (exact) mass is 566 g/mol. The fraction of sp³-hybridized carbons (Fsp3) is 0.667. The second-order valence-electron chi connectivity index (χ2n) is 5.90. The van der Waals surface area contributed by atoms with Crippen molar-refractivity contribution in [3.8, 4) is 0 Å². The molecule has 17 nitrogen and oxygen atoms in total. The Morgan fingerprint density at radius 1 is 1.18 bits per heavy atom. The van der Waals surface area contributed by atoms with Crippen molar-refractivity contribution in [2.45, 2.75) is 42.9 Å². The van der Waals surface area contributed by atoms with Gasteiger partial charge in [0.15, 0.2) is 6.10 Å². The van der Waals surface area contributed by atoms with Gasteiger partial charge in [0.05, 0.1) is 6.61 Å². The van der Waals surface area contributed by atoms with Crippen molar-refractivity contribution >= 4 is 122 Å². The van der Waals surface area contributed by atoms with Gasteiger partial charge in [-0.25, -0.2) is 8.98 Å². The zero-order chi connectivity index (χ0) is 24.1. The van der Waals surface area contributed by atoms with Crippen LogP contribution in [0, 0.1) is 0 Å². The molecule has 22 heteroatoms. The SMILES string of the molecule is O=C[C@H](NS(=O)(=O)O)[C@@H](O)[C@H](O[C@@H]1OC(C(=O)O)=C[C@H](O)[C@H]1OS(=O)(=O)O)[C@H](O)CO.[Na].[Na].[Na]. The number of hydrogen-bond donors (Lipinski definition) is 8. The Bertz CT molecular complexity index is 899.